The highest BCUT2D eigenvalue weighted by molar-refractivity contribution is 7.80. The van der Waals surface area contributed by atoms with Crippen LogP contribution in [-0.2, 0) is 9.53 Å². The Morgan fingerprint density at radius 1 is 1.35 bits per heavy atom. The number of benzene rings is 1. The quantitative estimate of drug-likeness (QED) is 0.457. The summed E-state index contributed by atoms with van der Waals surface area (Å²) in [7, 11) is 1.61. The van der Waals surface area contributed by atoms with Crippen LogP contribution in [0.3, 0.4) is 0 Å². The largest absolute Gasteiger partial charge is 0.495 e. The number of esters is 1. The highest BCUT2D eigenvalue weighted by Gasteiger charge is 2.04. The van der Waals surface area contributed by atoms with Gasteiger partial charge in [0.1, 0.15) is 5.75 Å². The number of nitrogens with one attached hydrogen (secondary N) is 2. The molecule has 20 heavy (non-hydrogen) atoms. The lowest BCUT2D eigenvalue weighted by molar-refractivity contribution is -0.143. The monoisotopic (exact) mass is 296 g/mol. The molecule has 0 unspecified atom stereocenters. The van der Waals surface area contributed by atoms with Gasteiger partial charge in [0.2, 0.25) is 0 Å². The number of thiocarbonyl (C=S) groups is 1. The van der Waals surface area contributed by atoms with Gasteiger partial charge in [0.15, 0.2) is 5.11 Å². The van der Waals surface area contributed by atoms with E-state index in [4.69, 9.17) is 21.7 Å². The van der Waals surface area contributed by atoms with Crippen LogP contribution in [0.4, 0.5) is 5.69 Å². The molecular formula is C14H20N2O3S. The topological polar surface area (TPSA) is 59.6 Å². The van der Waals surface area contributed by atoms with Crippen LogP contribution in [0.25, 0.3) is 0 Å². The summed E-state index contributed by atoms with van der Waals surface area (Å²) in [5, 5.41) is 6.59. The van der Waals surface area contributed by atoms with Crippen molar-refractivity contribution in [2.45, 2.75) is 19.8 Å². The van der Waals surface area contributed by atoms with Crippen LogP contribution in [0, 0.1) is 0 Å². The van der Waals surface area contributed by atoms with Crippen LogP contribution in [0.2, 0.25) is 0 Å². The van der Waals surface area contributed by atoms with Crippen LogP contribution in [0.15, 0.2) is 24.3 Å². The third-order valence-electron chi connectivity index (χ3n) is 2.50. The first-order valence-corrected chi connectivity index (χ1v) is 6.91. The van der Waals surface area contributed by atoms with Crippen LogP contribution < -0.4 is 15.4 Å². The second kappa shape index (κ2) is 9.14. The molecule has 0 radical (unpaired) electrons. The van der Waals surface area contributed by atoms with Gasteiger partial charge >= 0.3 is 5.97 Å². The fourth-order valence-electron chi connectivity index (χ4n) is 1.58. The summed E-state index contributed by atoms with van der Waals surface area (Å²) in [4.78, 5) is 11.1. The second-order valence-electron chi connectivity index (χ2n) is 3.99. The molecule has 0 saturated heterocycles. The summed E-state index contributed by atoms with van der Waals surface area (Å²) in [6, 6.07) is 7.52. The fourth-order valence-corrected chi connectivity index (χ4v) is 1.79. The van der Waals surface area contributed by atoms with Gasteiger partial charge in [0, 0.05) is 13.0 Å². The Morgan fingerprint density at radius 3 is 2.80 bits per heavy atom. The Morgan fingerprint density at radius 2 is 2.10 bits per heavy atom. The molecule has 0 heterocycles. The van der Waals surface area contributed by atoms with E-state index in [0.717, 1.165) is 11.4 Å². The van der Waals surface area contributed by atoms with Gasteiger partial charge in [-0.2, -0.15) is 0 Å². The molecular weight excluding hydrogens is 276 g/mol. The number of rotatable bonds is 7. The number of anilines is 1. The molecule has 0 aliphatic carbocycles. The first-order chi connectivity index (χ1) is 9.67. The standard InChI is InChI=1S/C14H20N2O3S/c1-3-19-13(17)9-6-10-15-14(20)16-11-7-4-5-8-12(11)18-2/h4-5,7-8H,3,6,9-10H2,1-2H3,(H2,15,16,20). The molecule has 0 bridgehead atoms. The number of para-hydroxylation sites is 2. The average molecular weight is 296 g/mol. The van der Waals surface area contributed by atoms with Crippen molar-refractivity contribution in [2.75, 3.05) is 25.6 Å². The fraction of sp³-hybridized carbons (Fsp3) is 0.429. The zero-order valence-corrected chi connectivity index (χ0v) is 12.6. The summed E-state index contributed by atoms with van der Waals surface area (Å²) in [5.74, 6) is 0.543. The summed E-state index contributed by atoms with van der Waals surface area (Å²) in [6.45, 7) is 2.82. The number of hydrogen-bond donors (Lipinski definition) is 2. The molecule has 0 atom stereocenters. The van der Waals surface area contributed by atoms with Crippen LogP contribution in [0.1, 0.15) is 19.8 Å². The van der Waals surface area contributed by atoms with E-state index in [1.165, 1.54) is 0 Å². The minimum atomic E-state index is -0.182. The third kappa shape index (κ3) is 5.88. The Labute approximate surface area is 124 Å². The highest BCUT2D eigenvalue weighted by Crippen LogP contribution is 2.22. The third-order valence-corrected chi connectivity index (χ3v) is 2.75. The molecule has 6 heteroatoms. The van der Waals surface area contributed by atoms with Crippen LogP contribution in [0.5, 0.6) is 5.75 Å². The van der Waals surface area contributed by atoms with Crippen molar-refractivity contribution in [2.24, 2.45) is 0 Å². The minimum absolute atomic E-state index is 0.182. The number of methoxy groups -OCH3 is 1. The SMILES string of the molecule is CCOC(=O)CCCNC(=S)Nc1ccccc1OC. The van der Waals surface area contributed by atoms with Crippen LogP contribution in [-0.4, -0.2) is 31.3 Å². The van der Waals surface area contributed by atoms with E-state index in [1.807, 2.05) is 24.3 Å². The Hall–Kier alpha value is -1.82. The van der Waals surface area contributed by atoms with E-state index < -0.39 is 0 Å². The van der Waals surface area contributed by atoms with E-state index in [1.54, 1.807) is 14.0 Å². The summed E-state index contributed by atoms with van der Waals surface area (Å²) in [6.07, 6.45) is 1.06. The molecule has 0 aliphatic heterocycles. The highest BCUT2D eigenvalue weighted by atomic mass is 32.1. The number of hydrogen-bond acceptors (Lipinski definition) is 4. The molecule has 110 valence electrons. The van der Waals surface area contributed by atoms with E-state index in [0.29, 0.717) is 31.1 Å². The van der Waals surface area contributed by atoms with Crippen molar-refractivity contribution in [1.29, 1.82) is 0 Å². The predicted molar refractivity (Wildman–Crippen MR) is 83.1 cm³/mol. The van der Waals surface area contributed by atoms with Gasteiger partial charge in [-0.25, -0.2) is 0 Å². The normalized spacial score (nSPS) is 9.70. The smallest absolute Gasteiger partial charge is 0.305 e. The summed E-state index contributed by atoms with van der Waals surface area (Å²) < 4.78 is 10.1. The molecule has 0 aliphatic rings. The van der Waals surface area contributed by atoms with Gasteiger partial charge in [-0.05, 0) is 37.7 Å². The molecule has 0 fully saturated rings. The molecule has 5 nitrogen and oxygen atoms in total. The first kappa shape index (κ1) is 16.2. The zero-order valence-electron chi connectivity index (χ0n) is 11.8. The lowest BCUT2D eigenvalue weighted by Crippen LogP contribution is -2.29. The van der Waals surface area contributed by atoms with Gasteiger partial charge in [0.05, 0.1) is 19.4 Å². The van der Waals surface area contributed by atoms with E-state index in [-0.39, 0.29) is 5.97 Å². The lowest BCUT2D eigenvalue weighted by Gasteiger charge is -2.13. The molecule has 0 saturated carbocycles. The summed E-state index contributed by atoms with van der Waals surface area (Å²) in [5.41, 5.74) is 0.804. The zero-order chi connectivity index (χ0) is 14.8. The average Bonchev–Trinajstić information content (AvgIpc) is 2.44. The van der Waals surface area contributed by atoms with Crippen LogP contribution >= 0.6 is 12.2 Å². The second-order valence-corrected chi connectivity index (χ2v) is 4.40. The molecule has 0 amide bonds. The maximum Gasteiger partial charge on any atom is 0.305 e. The predicted octanol–water partition coefficient (Wildman–Crippen LogP) is 2.32. The van der Waals surface area contributed by atoms with Crippen molar-refractivity contribution in [3.05, 3.63) is 24.3 Å². The Balaban J connectivity index is 2.28. The van der Waals surface area contributed by atoms with Crippen molar-refractivity contribution < 1.29 is 14.3 Å². The van der Waals surface area contributed by atoms with Gasteiger partial charge in [-0.3, -0.25) is 4.79 Å². The van der Waals surface area contributed by atoms with Gasteiger partial charge in [0.25, 0.3) is 0 Å². The van der Waals surface area contributed by atoms with Crippen molar-refractivity contribution >= 4 is 29.0 Å². The van der Waals surface area contributed by atoms with E-state index in [2.05, 4.69) is 10.6 Å². The maximum atomic E-state index is 11.1. The lowest BCUT2D eigenvalue weighted by atomic mass is 10.3. The number of ether oxygens (including phenoxy) is 2. The van der Waals surface area contributed by atoms with E-state index in [9.17, 15) is 4.79 Å². The minimum Gasteiger partial charge on any atom is -0.495 e. The van der Waals surface area contributed by atoms with Gasteiger partial charge in [-0.15, -0.1) is 0 Å². The molecule has 0 spiro atoms. The van der Waals surface area contributed by atoms with Crippen molar-refractivity contribution in [1.82, 2.24) is 5.32 Å². The van der Waals surface area contributed by atoms with E-state index >= 15 is 0 Å². The molecule has 1 aromatic rings. The van der Waals surface area contributed by atoms with Gasteiger partial charge < -0.3 is 20.1 Å². The Kier molecular flexibility index (Phi) is 7.42. The first-order valence-electron chi connectivity index (χ1n) is 6.50. The Bertz CT molecular complexity index is 452. The molecule has 1 aromatic carbocycles. The molecule has 2 N–H and O–H groups in total. The van der Waals surface area contributed by atoms with Crippen molar-refractivity contribution in [3.8, 4) is 5.75 Å². The number of carbonyl (C=O) groups excluding carboxylic acids is 1. The molecule has 1 rings (SSSR count). The molecule has 0 aromatic heterocycles. The van der Waals surface area contributed by atoms with Crippen molar-refractivity contribution in [3.63, 3.8) is 0 Å². The number of carbonyl (C=O) groups is 1. The van der Waals surface area contributed by atoms with Gasteiger partial charge in [-0.1, -0.05) is 12.1 Å². The maximum absolute atomic E-state index is 11.1. The summed E-state index contributed by atoms with van der Waals surface area (Å²) >= 11 is 5.18.